The molecule has 0 saturated heterocycles. The number of carbonyl (C=O) groups is 1. The molecule has 0 aliphatic carbocycles. The van der Waals surface area contributed by atoms with Crippen molar-refractivity contribution < 1.29 is 18.7 Å². The van der Waals surface area contributed by atoms with Gasteiger partial charge in [-0.3, -0.25) is 4.79 Å². The lowest BCUT2D eigenvalue weighted by molar-refractivity contribution is 0.112. The zero-order chi connectivity index (χ0) is 21.8. The van der Waals surface area contributed by atoms with Crippen LogP contribution in [0.4, 0.5) is 0 Å². The summed E-state index contributed by atoms with van der Waals surface area (Å²) in [5.74, 6) is 1.47. The molecule has 0 aliphatic heterocycles. The second-order valence-electron chi connectivity index (χ2n) is 8.14. The highest BCUT2D eigenvalue weighted by Crippen LogP contribution is 2.44. The smallest absolute Gasteiger partial charge is 0.320 e. The van der Waals surface area contributed by atoms with Gasteiger partial charge in [-0.2, -0.15) is 0 Å². The summed E-state index contributed by atoms with van der Waals surface area (Å²) >= 11 is 0. The Bertz CT molecular complexity index is 930. The number of hydrogen-bond donors (Lipinski definition) is 0. The third kappa shape index (κ3) is 3.85. The highest BCUT2D eigenvalue weighted by atomic mass is 28.4. The zero-order valence-electron chi connectivity index (χ0n) is 18.1. The average molecular weight is 421 g/mol. The Kier molecular flexibility index (Phi) is 6.32. The van der Waals surface area contributed by atoms with Crippen LogP contribution >= 0.6 is 0 Å². The van der Waals surface area contributed by atoms with Gasteiger partial charge in [0.1, 0.15) is 6.29 Å². The van der Waals surface area contributed by atoms with Crippen molar-refractivity contribution in [2.24, 2.45) is 0 Å². The van der Waals surface area contributed by atoms with E-state index in [-0.39, 0.29) is 5.04 Å². The van der Waals surface area contributed by atoms with E-state index in [1.807, 2.05) is 36.4 Å². The number of carbonyl (C=O) groups excluding carboxylic acids is 1. The van der Waals surface area contributed by atoms with Crippen LogP contribution in [0.15, 0.2) is 72.8 Å². The lowest BCUT2D eigenvalue weighted by atomic mass is 10.2. The van der Waals surface area contributed by atoms with Gasteiger partial charge in [-0.1, -0.05) is 81.4 Å². The fourth-order valence-electron chi connectivity index (χ4n) is 3.87. The lowest BCUT2D eigenvalue weighted by Gasteiger charge is -2.43. The van der Waals surface area contributed by atoms with Gasteiger partial charge in [0, 0.05) is 5.56 Å². The van der Waals surface area contributed by atoms with Crippen LogP contribution in [-0.4, -0.2) is 28.8 Å². The van der Waals surface area contributed by atoms with Crippen LogP contribution < -0.4 is 24.3 Å². The first kappa shape index (κ1) is 21.7. The maximum atomic E-state index is 11.4. The van der Waals surface area contributed by atoms with E-state index in [1.54, 1.807) is 26.4 Å². The highest BCUT2D eigenvalue weighted by Gasteiger charge is 2.52. The van der Waals surface area contributed by atoms with Gasteiger partial charge >= 0.3 is 8.32 Å². The molecule has 0 aliphatic rings. The van der Waals surface area contributed by atoms with Crippen molar-refractivity contribution >= 4 is 25.0 Å². The monoisotopic (exact) mass is 420 g/mol. The molecule has 0 heterocycles. The molecule has 0 unspecified atom stereocenters. The molecule has 0 fully saturated rings. The molecule has 0 bridgehead atoms. The summed E-state index contributed by atoms with van der Waals surface area (Å²) < 4.78 is 18.3. The average Bonchev–Trinajstić information content (AvgIpc) is 2.77. The molecule has 4 nitrogen and oxygen atoms in total. The number of benzene rings is 3. The van der Waals surface area contributed by atoms with Crippen LogP contribution in [-0.2, 0) is 0 Å². The van der Waals surface area contributed by atoms with E-state index in [4.69, 9.17) is 13.9 Å². The van der Waals surface area contributed by atoms with E-state index in [9.17, 15) is 4.79 Å². The predicted octanol–water partition coefficient (Wildman–Crippen LogP) is 4.46. The van der Waals surface area contributed by atoms with Crippen molar-refractivity contribution in [3.63, 3.8) is 0 Å². The fourth-order valence-corrected chi connectivity index (χ4v) is 8.31. The first-order chi connectivity index (χ1) is 14.4. The lowest BCUT2D eigenvalue weighted by Crippen LogP contribution is -2.68. The van der Waals surface area contributed by atoms with Crippen molar-refractivity contribution in [1.82, 2.24) is 0 Å². The molecule has 5 heteroatoms. The van der Waals surface area contributed by atoms with Gasteiger partial charge in [0.2, 0.25) is 0 Å². The number of methoxy groups -OCH3 is 2. The summed E-state index contributed by atoms with van der Waals surface area (Å²) in [5.41, 5.74) is 0.471. The van der Waals surface area contributed by atoms with E-state index >= 15 is 0 Å². The minimum Gasteiger partial charge on any atom is -0.529 e. The Balaban J connectivity index is 2.34. The number of ether oxygens (including phenoxy) is 2. The number of rotatable bonds is 7. The number of aldehydes is 1. The molecular weight excluding hydrogens is 392 g/mol. The maximum absolute atomic E-state index is 11.4. The molecular formula is C25H28O4Si. The van der Waals surface area contributed by atoms with Crippen LogP contribution in [0.3, 0.4) is 0 Å². The van der Waals surface area contributed by atoms with Crippen molar-refractivity contribution in [2.75, 3.05) is 14.2 Å². The quantitative estimate of drug-likeness (QED) is 0.418. The van der Waals surface area contributed by atoms with Crippen molar-refractivity contribution in [2.45, 2.75) is 25.8 Å². The van der Waals surface area contributed by atoms with E-state index < -0.39 is 8.32 Å². The summed E-state index contributed by atoms with van der Waals surface area (Å²) in [4.78, 5) is 11.4. The van der Waals surface area contributed by atoms with Gasteiger partial charge in [-0.05, 0) is 27.5 Å². The molecule has 0 atom stereocenters. The largest absolute Gasteiger partial charge is 0.529 e. The van der Waals surface area contributed by atoms with Crippen LogP contribution in [0.2, 0.25) is 5.04 Å². The Morgan fingerprint density at radius 3 is 1.53 bits per heavy atom. The molecule has 30 heavy (non-hydrogen) atoms. The minimum absolute atomic E-state index is 0.213. The molecule has 0 saturated carbocycles. The Labute approximate surface area is 179 Å². The van der Waals surface area contributed by atoms with Crippen molar-refractivity contribution in [3.05, 3.63) is 78.4 Å². The molecule has 3 aromatic rings. The molecule has 156 valence electrons. The Morgan fingerprint density at radius 2 is 1.20 bits per heavy atom. The van der Waals surface area contributed by atoms with Gasteiger partial charge in [-0.15, -0.1) is 0 Å². The molecule has 3 aromatic carbocycles. The van der Waals surface area contributed by atoms with E-state index in [1.165, 1.54) is 0 Å². The summed E-state index contributed by atoms with van der Waals surface area (Å²) in [7, 11) is 0.281. The number of hydrogen-bond acceptors (Lipinski definition) is 4. The summed E-state index contributed by atoms with van der Waals surface area (Å²) in [6.07, 6.45) is 0.775. The third-order valence-corrected chi connectivity index (χ3v) is 10.2. The van der Waals surface area contributed by atoms with Gasteiger partial charge in [0.15, 0.2) is 17.2 Å². The van der Waals surface area contributed by atoms with E-state index in [2.05, 4.69) is 45.0 Å². The van der Waals surface area contributed by atoms with Crippen LogP contribution in [0.1, 0.15) is 31.1 Å². The van der Waals surface area contributed by atoms with Gasteiger partial charge in [0.05, 0.1) is 14.2 Å². The maximum Gasteiger partial charge on any atom is 0.320 e. The topological polar surface area (TPSA) is 44.8 Å². The molecule has 0 aromatic heterocycles. The predicted molar refractivity (Wildman–Crippen MR) is 123 cm³/mol. The summed E-state index contributed by atoms with van der Waals surface area (Å²) in [5, 5.41) is 2.08. The second kappa shape index (κ2) is 8.75. The minimum atomic E-state index is -2.86. The molecule has 0 radical (unpaired) electrons. The first-order valence-corrected chi connectivity index (χ1v) is 11.8. The highest BCUT2D eigenvalue weighted by molar-refractivity contribution is 7.00. The second-order valence-corrected chi connectivity index (χ2v) is 12.4. The normalized spacial score (nSPS) is 11.6. The summed E-state index contributed by atoms with van der Waals surface area (Å²) in [6, 6.07) is 24.1. The first-order valence-electron chi connectivity index (χ1n) is 9.88. The van der Waals surface area contributed by atoms with E-state index in [0.29, 0.717) is 22.8 Å². The SMILES string of the molecule is COc1cc(C=O)cc(OC)c1O[Si](c1ccccc1)(c1ccccc1)C(C)(C)C. The van der Waals surface area contributed by atoms with Gasteiger partial charge in [0.25, 0.3) is 0 Å². The standard InChI is InChI=1S/C25H28O4Si/c1-25(2,3)30(20-12-8-6-9-13-20,21-14-10-7-11-15-21)29-24-22(27-4)16-19(18-26)17-23(24)28-5/h6-18H,1-5H3. The summed E-state index contributed by atoms with van der Waals surface area (Å²) in [6.45, 7) is 6.62. The molecule has 0 N–H and O–H groups in total. The third-order valence-electron chi connectivity index (χ3n) is 5.29. The molecule has 0 spiro atoms. The fraction of sp³-hybridized carbons (Fsp3) is 0.240. The molecule has 0 amide bonds. The zero-order valence-corrected chi connectivity index (χ0v) is 19.1. The van der Waals surface area contributed by atoms with Crippen molar-refractivity contribution in [3.8, 4) is 17.2 Å². The van der Waals surface area contributed by atoms with Gasteiger partial charge < -0.3 is 13.9 Å². The van der Waals surface area contributed by atoms with Gasteiger partial charge in [-0.25, -0.2) is 0 Å². The molecule has 3 rings (SSSR count). The van der Waals surface area contributed by atoms with Crippen molar-refractivity contribution in [1.29, 1.82) is 0 Å². The van der Waals surface area contributed by atoms with Crippen LogP contribution in [0, 0.1) is 0 Å². The Morgan fingerprint density at radius 1 is 0.767 bits per heavy atom. The van der Waals surface area contributed by atoms with Crippen LogP contribution in [0.25, 0.3) is 0 Å². The Hall–Kier alpha value is -3.05. The van der Waals surface area contributed by atoms with Crippen LogP contribution in [0.5, 0.6) is 17.2 Å². The van der Waals surface area contributed by atoms with E-state index in [0.717, 1.165) is 16.7 Å².